The van der Waals surface area contributed by atoms with Gasteiger partial charge in [-0.1, -0.05) is 17.7 Å². The van der Waals surface area contributed by atoms with E-state index in [4.69, 9.17) is 9.15 Å². The summed E-state index contributed by atoms with van der Waals surface area (Å²) in [6.07, 6.45) is 3.87. The lowest BCUT2D eigenvalue weighted by Crippen LogP contribution is -2.26. The zero-order chi connectivity index (χ0) is 17.6. The Balaban J connectivity index is 1.89. The number of hydrogen-bond acceptors (Lipinski definition) is 5. The summed E-state index contributed by atoms with van der Waals surface area (Å²) in [6.45, 7) is 3.11. The molecule has 2 aromatic heterocycles. The number of aromatic nitrogens is 3. The van der Waals surface area contributed by atoms with E-state index in [1.807, 2.05) is 31.2 Å². The van der Waals surface area contributed by atoms with Crippen molar-refractivity contribution in [2.24, 2.45) is 0 Å². The van der Waals surface area contributed by atoms with Crippen LogP contribution in [0.5, 0.6) is 0 Å². The second kappa shape index (κ2) is 7.76. The fourth-order valence-corrected chi connectivity index (χ4v) is 2.35. The summed E-state index contributed by atoms with van der Waals surface area (Å²) < 4.78 is 11.8. The summed E-state index contributed by atoms with van der Waals surface area (Å²) in [5.74, 6) is 0.362. The Morgan fingerprint density at radius 2 is 2.08 bits per heavy atom. The summed E-state index contributed by atoms with van der Waals surface area (Å²) >= 11 is 0. The van der Waals surface area contributed by atoms with Crippen LogP contribution in [0.3, 0.4) is 0 Å². The zero-order valence-corrected chi connectivity index (χ0v) is 14.2. The lowest BCUT2D eigenvalue weighted by Gasteiger charge is -2.04. The minimum absolute atomic E-state index is 0.120. The van der Waals surface area contributed by atoms with Crippen molar-refractivity contribution in [3.8, 4) is 17.1 Å². The first-order valence-corrected chi connectivity index (χ1v) is 8.03. The molecule has 0 aliphatic heterocycles. The fraction of sp³-hybridized carbons (Fsp3) is 0.278. The van der Waals surface area contributed by atoms with Gasteiger partial charge in [0.2, 0.25) is 5.82 Å². The average Bonchev–Trinajstić information content (AvgIpc) is 3.28. The summed E-state index contributed by atoms with van der Waals surface area (Å²) in [7, 11) is 1.63. The molecule has 0 saturated carbocycles. The number of nitrogens with one attached hydrogen (secondary N) is 1. The predicted molar refractivity (Wildman–Crippen MR) is 92.6 cm³/mol. The maximum absolute atomic E-state index is 12.3. The monoisotopic (exact) mass is 340 g/mol. The molecule has 130 valence electrons. The number of amides is 1. The van der Waals surface area contributed by atoms with Gasteiger partial charge in [0.15, 0.2) is 5.82 Å². The number of aryl methyl sites for hydroxylation is 1. The molecule has 0 spiro atoms. The Kier molecular flexibility index (Phi) is 5.25. The molecule has 7 heteroatoms. The standard InChI is InChI=1S/C18H20N4O3/c1-13-4-6-15(7-5-13)22-17(14-8-11-25-12-14)20-16(21-22)18(23)19-9-3-10-24-2/h4-8,11-12H,3,9-10H2,1-2H3,(H,19,23). The molecular weight excluding hydrogens is 320 g/mol. The van der Waals surface area contributed by atoms with Gasteiger partial charge in [-0.3, -0.25) is 4.79 Å². The van der Waals surface area contributed by atoms with Gasteiger partial charge in [0, 0.05) is 20.3 Å². The van der Waals surface area contributed by atoms with Crippen LogP contribution >= 0.6 is 0 Å². The van der Waals surface area contributed by atoms with E-state index in [2.05, 4.69) is 15.4 Å². The van der Waals surface area contributed by atoms with E-state index in [1.165, 1.54) is 0 Å². The highest BCUT2D eigenvalue weighted by Gasteiger charge is 2.19. The van der Waals surface area contributed by atoms with Crippen LogP contribution in [0.1, 0.15) is 22.6 Å². The van der Waals surface area contributed by atoms with Gasteiger partial charge in [-0.05, 0) is 31.5 Å². The van der Waals surface area contributed by atoms with Crippen molar-refractivity contribution in [3.63, 3.8) is 0 Å². The van der Waals surface area contributed by atoms with Crippen LogP contribution in [-0.2, 0) is 4.74 Å². The van der Waals surface area contributed by atoms with Crippen LogP contribution < -0.4 is 5.32 Å². The van der Waals surface area contributed by atoms with Crippen molar-refractivity contribution < 1.29 is 13.9 Å². The number of carbonyl (C=O) groups excluding carboxylic acids is 1. The molecule has 3 aromatic rings. The van der Waals surface area contributed by atoms with Crippen LogP contribution in [0, 0.1) is 6.92 Å². The quantitative estimate of drug-likeness (QED) is 0.669. The maximum Gasteiger partial charge on any atom is 0.290 e. The predicted octanol–water partition coefficient (Wildman–Crippen LogP) is 2.60. The van der Waals surface area contributed by atoms with Crippen molar-refractivity contribution in [3.05, 3.63) is 54.2 Å². The zero-order valence-electron chi connectivity index (χ0n) is 14.2. The number of furan rings is 1. The molecule has 0 bridgehead atoms. The third-order valence-corrected chi connectivity index (χ3v) is 3.68. The molecular formula is C18H20N4O3. The average molecular weight is 340 g/mol. The Morgan fingerprint density at radius 1 is 1.28 bits per heavy atom. The fourth-order valence-electron chi connectivity index (χ4n) is 2.35. The van der Waals surface area contributed by atoms with Gasteiger partial charge in [0.1, 0.15) is 6.26 Å². The molecule has 0 fully saturated rings. The Hall–Kier alpha value is -2.93. The highest BCUT2D eigenvalue weighted by molar-refractivity contribution is 5.91. The molecule has 1 N–H and O–H groups in total. The highest BCUT2D eigenvalue weighted by atomic mass is 16.5. The van der Waals surface area contributed by atoms with E-state index in [0.29, 0.717) is 19.0 Å². The van der Waals surface area contributed by atoms with Crippen LogP contribution in [-0.4, -0.2) is 40.9 Å². The van der Waals surface area contributed by atoms with Crippen LogP contribution in [0.2, 0.25) is 0 Å². The summed E-state index contributed by atoms with van der Waals surface area (Å²) in [5, 5.41) is 7.18. The van der Waals surface area contributed by atoms with E-state index in [1.54, 1.807) is 30.4 Å². The Labute approximate surface area is 145 Å². The molecule has 7 nitrogen and oxygen atoms in total. The Bertz CT molecular complexity index is 823. The number of hydrogen-bond donors (Lipinski definition) is 1. The Morgan fingerprint density at radius 3 is 2.76 bits per heavy atom. The minimum Gasteiger partial charge on any atom is -0.472 e. The first-order valence-electron chi connectivity index (χ1n) is 8.03. The third kappa shape index (κ3) is 3.95. The van der Waals surface area contributed by atoms with Gasteiger partial charge in [0.25, 0.3) is 5.91 Å². The maximum atomic E-state index is 12.3. The number of benzene rings is 1. The van der Waals surface area contributed by atoms with E-state index < -0.39 is 0 Å². The molecule has 0 aliphatic rings. The van der Waals surface area contributed by atoms with Crippen molar-refractivity contribution in [2.75, 3.05) is 20.3 Å². The normalized spacial score (nSPS) is 10.8. The number of ether oxygens (including phenoxy) is 1. The molecule has 0 saturated heterocycles. The molecule has 25 heavy (non-hydrogen) atoms. The molecule has 0 unspecified atom stereocenters. The van der Waals surface area contributed by atoms with Gasteiger partial charge in [-0.25, -0.2) is 9.67 Å². The van der Waals surface area contributed by atoms with E-state index in [-0.39, 0.29) is 11.7 Å². The number of carbonyl (C=O) groups is 1. The van der Waals surface area contributed by atoms with Crippen molar-refractivity contribution in [1.29, 1.82) is 0 Å². The number of nitrogens with zero attached hydrogens (tertiary/aromatic N) is 3. The van der Waals surface area contributed by atoms with Crippen LogP contribution in [0.4, 0.5) is 0 Å². The van der Waals surface area contributed by atoms with Crippen molar-refractivity contribution in [1.82, 2.24) is 20.1 Å². The lowest BCUT2D eigenvalue weighted by atomic mass is 10.2. The van der Waals surface area contributed by atoms with Gasteiger partial charge in [-0.2, -0.15) is 0 Å². The summed E-state index contributed by atoms with van der Waals surface area (Å²) in [5.41, 5.74) is 2.73. The molecule has 0 radical (unpaired) electrons. The van der Waals surface area contributed by atoms with Crippen molar-refractivity contribution >= 4 is 5.91 Å². The molecule has 2 heterocycles. The first kappa shape index (κ1) is 16.9. The van der Waals surface area contributed by atoms with Gasteiger partial charge < -0.3 is 14.5 Å². The van der Waals surface area contributed by atoms with E-state index in [0.717, 1.165) is 23.2 Å². The summed E-state index contributed by atoms with van der Waals surface area (Å²) in [4.78, 5) is 16.7. The largest absolute Gasteiger partial charge is 0.472 e. The van der Waals surface area contributed by atoms with Gasteiger partial charge >= 0.3 is 0 Å². The second-order valence-corrected chi connectivity index (χ2v) is 5.62. The minimum atomic E-state index is -0.313. The summed E-state index contributed by atoms with van der Waals surface area (Å²) in [6, 6.07) is 9.64. The SMILES string of the molecule is COCCCNC(=O)c1nc(-c2ccoc2)n(-c2ccc(C)cc2)n1. The number of methoxy groups -OCH3 is 1. The van der Waals surface area contributed by atoms with Gasteiger partial charge in [0.05, 0.1) is 17.5 Å². The second-order valence-electron chi connectivity index (χ2n) is 5.62. The molecule has 0 aliphatic carbocycles. The first-order chi connectivity index (χ1) is 12.2. The highest BCUT2D eigenvalue weighted by Crippen LogP contribution is 2.22. The van der Waals surface area contributed by atoms with E-state index >= 15 is 0 Å². The topological polar surface area (TPSA) is 82.2 Å². The van der Waals surface area contributed by atoms with Crippen LogP contribution in [0.25, 0.3) is 17.1 Å². The number of rotatable bonds is 7. The molecule has 0 atom stereocenters. The van der Waals surface area contributed by atoms with E-state index in [9.17, 15) is 4.79 Å². The molecule has 3 rings (SSSR count). The van der Waals surface area contributed by atoms with Crippen LogP contribution in [0.15, 0.2) is 47.3 Å². The van der Waals surface area contributed by atoms with Gasteiger partial charge in [-0.15, -0.1) is 5.10 Å². The molecule has 1 amide bonds. The smallest absolute Gasteiger partial charge is 0.290 e. The van der Waals surface area contributed by atoms with Crippen molar-refractivity contribution in [2.45, 2.75) is 13.3 Å². The molecule has 1 aromatic carbocycles. The third-order valence-electron chi connectivity index (χ3n) is 3.68. The lowest BCUT2D eigenvalue weighted by molar-refractivity contribution is 0.0938.